The van der Waals surface area contributed by atoms with Gasteiger partial charge in [0.1, 0.15) is 6.10 Å². The van der Waals surface area contributed by atoms with Crippen LogP contribution < -0.4 is 0 Å². The molecule has 3 aliphatic heterocycles. The van der Waals surface area contributed by atoms with Crippen molar-refractivity contribution < 1.29 is 24.2 Å². The molecule has 5 atom stereocenters. The SMILES string of the molecule is C/C=C1\C[C@@H](C)[C@](C)(O)C(=O)OC[C@H]2CCN3CC[C@@H](OC1=O)C23. The monoisotopic (exact) mass is 337 g/mol. The van der Waals surface area contributed by atoms with Crippen molar-refractivity contribution in [1.29, 1.82) is 0 Å². The van der Waals surface area contributed by atoms with Crippen molar-refractivity contribution in [3.05, 3.63) is 11.6 Å². The summed E-state index contributed by atoms with van der Waals surface area (Å²) in [5.41, 5.74) is -1.12. The maximum absolute atomic E-state index is 12.6. The van der Waals surface area contributed by atoms with E-state index in [0.29, 0.717) is 5.57 Å². The number of carbonyl (C=O) groups is 2. The summed E-state index contributed by atoms with van der Waals surface area (Å²) in [5, 5.41) is 10.6. The van der Waals surface area contributed by atoms with Gasteiger partial charge in [-0.2, -0.15) is 0 Å². The summed E-state index contributed by atoms with van der Waals surface area (Å²) in [6, 6.07) is 0.113. The van der Waals surface area contributed by atoms with Gasteiger partial charge in [-0.05, 0) is 45.6 Å². The van der Waals surface area contributed by atoms with Gasteiger partial charge in [0.15, 0.2) is 5.60 Å². The zero-order chi connectivity index (χ0) is 17.5. The van der Waals surface area contributed by atoms with E-state index in [-0.39, 0.29) is 37.1 Å². The van der Waals surface area contributed by atoms with Gasteiger partial charge in [0, 0.05) is 18.0 Å². The molecule has 3 rings (SSSR count). The molecule has 0 saturated carbocycles. The van der Waals surface area contributed by atoms with E-state index in [1.54, 1.807) is 19.9 Å². The van der Waals surface area contributed by atoms with Crippen molar-refractivity contribution >= 4 is 11.9 Å². The van der Waals surface area contributed by atoms with Crippen LogP contribution in [0.25, 0.3) is 0 Å². The molecule has 1 N–H and O–H groups in total. The predicted molar refractivity (Wildman–Crippen MR) is 87.1 cm³/mol. The molecule has 0 amide bonds. The summed E-state index contributed by atoms with van der Waals surface area (Å²) in [6.07, 6.45) is 3.59. The van der Waals surface area contributed by atoms with Crippen LogP contribution in [0.3, 0.4) is 0 Å². The average Bonchev–Trinajstić information content (AvgIpc) is 3.12. The Hall–Kier alpha value is -1.40. The predicted octanol–water partition coefficient (Wildman–Crippen LogP) is 1.27. The number of hydrogen-bond donors (Lipinski definition) is 1. The second kappa shape index (κ2) is 6.48. The van der Waals surface area contributed by atoms with Crippen LogP contribution in [0.4, 0.5) is 0 Å². The quantitative estimate of drug-likeness (QED) is 0.530. The first-order valence-electron chi connectivity index (χ1n) is 8.84. The number of aliphatic hydroxyl groups is 1. The molecule has 24 heavy (non-hydrogen) atoms. The van der Waals surface area contributed by atoms with Crippen LogP contribution in [0.15, 0.2) is 11.6 Å². The molecule has 1 unspecified atom stereocenters. The fourth-order valence-electron chi connectivity index (χ4n) is 4.11. The van der Waals surface area contributed by atoms with E-state index in [1.165, 1.54) is 6.92 Å². The Morgan fingerprint density at radius 2 is 2.00 bits per heavy atom. The third-order valence-corrected chi connectivity index (χ3v) is 5.97. The molecule has 0 aromatic rings. The number of rotatable bonds is 0. The molecular weight excluding hydrogens is 310 g/mol. The Kier molecular flexibility index (Phi) is 4.71. The number of ether oxygens (including phenoxy) is 2. The van der Waals surface area contributed by atoms with Gasteiger partial charge >= 0.3 is 11.9 Å². The van der Waals surface area contributed by atoms with Crippen LogP contribution in [-0.4, -0.2) is 59.4 Å². The van der Waals surface area contributed by atoms with E-state index in [0.717, 1.165) is 25.9 Å². The normalized spacial score (nSPS) is 42.9. The van der Waals surface area contributed by atoms with Crippen molar-refractivity contribution in [2.24, 2.45) is 11.8 Å². The Bertz CT molecular complexity index is 556. The van der Waals surface area contributed by atoms with Gasteiger partial charge in [-0.25, -0.2) is 9.59 Å². The lowest BCUT2D eigenvalue weighted by Crippen LogP contribution is -2.46. The van der Waals surface area contributed by atoms with Gasteiger partial charge in [-0.15, -0.1) is 0 Å². The minimum atomic E-state index is -1.62. The van der Waals surface area contributed by atoms with Gasteiger partial charge in [0.05, 0.1) is 12.6 Å². The summed E-state index contributed by atoms with van der Waals surface area (Å²) in [7, 11) is 0. The highest BCUT2D eigenvalue weighted by Gasteiger charge is 2.48. The molecule has 134 valence electrons. The van der Waals surface area contributed by atoms with Gasteiger partial charge in [-0.3, -0.25) is 4.90 Å². The molecule has 0 aromatic carbocycles. The van der Waals surface area contributed by atoms with Crippen molar-refractivity contribution in [3.63, 3.8) is 0 Å². The molecule has 0 bridgehead atoms. The van der Waals surface area contributed by atoms with Crippen LogP contribution in [0.1, 0.15) is 40.0 Å². The van der Waals surface area contributed by atoms with E-state index < -0.39 is 17.5 Å². The second-order valence-electron chi connectivity index (χ2n) is 7.47. The van der Waals surface area contributed by atoms with Crippen molar-refractivity contribution in [1.82, 2.24) is 4.90 Å². The van der Waals surface area contributed by atoms with Gasteiger partial charge < -0.3 is 14.6 Å². The molecule has 0 spiro atoms. The molecule has 3 heterocycles. The molecule has 0 aromatic heterocycles. The summed E-state index contributed by atoms with van der Waals surface area (Å²) < 4.78 is 11.3. The van der Waals surface area contributed by atoms with Gasteiger partial charge in [0.25, 0.3) is 0 Å². The highest BCUT2D eigenvalue weighted by Crippen LogP contribution is 2.36. The van der Waals surface area contributed by atoms with Crippen molar-refractivity contribution in [2.45, 2.75) is 57.8 Å². The third kappa shape index (κ3) is 2.97. The highest BCUT2D eigenvalue weighted by atomic mass is 16.6. The van der Waals surface area contributed by atoms with Crippen LogP contribution >= 0.6 is 0 Å². The second-order valence-corrected chi connectivity index (χ2v) is 7.47. The molecule has 6 heteroatoms. The lowest BCUT2D eigenvalue weighted by Gasteiger charge is -2.32. The first kappa shape index (κ1) is 17.4. The largest absolute Gasteiger partial charge is 0.463 e. The highest BCUT2D eigenvalue weighted by molar-refractivity contribution is 5.89. The Morgan fingerprint density at radius 3 is 2.71 bits per heavy atom. The molecule has 6 nitrogen and oxygen atoms in total. The molecule has 3 aliphatic rings. The summed E-state index contributed by atoms with van der Waals surface area (Å²) >= 11 is 0. The smallest absolute Gasteiger partial charge is 0.338 e. The Labute approximate surface area is 142 Å². The number of nitrogens with zero attached hydrogens (tertiary/aromatic N) is 1. The van der Waals surface area contributed by atoms with Gasteiger partial charge in [0.2, 0.25) is 0 Å². The van der Waals surface area contributed by atoms with Crippen LogP contribution in [-0.2, 0) is 19.1 Å². The first-order chi connectivity index (χ1) is 11.3. The lowest BCUT2D eigenvalue weighted by atomic mass is 9.85. The number of hydrogen-bond acceptors (Lipinski definition) is 6. The number of allylic oxidation sites excluding steroid dienone is 1. The standard InChI is InChI=1S/C18H27NO5/c1-4-12-9-11(2)18(3,22)17(21)23-10-13-5-7-19-8-6-14(15(13)19)24-16(12)20/h4,11,13-15,22H,5-10H2,1-3H3/b12-4+/t11-,13-,14-,15?,18+/m1/s1. The Balaban J connectivity index is 1.89. The fraction of sp³-hybridized carbons (Fsp3) is 0.778. The summed E-state index contributed by atoms with van der Waals surface area (Å²) in [5.74, 6) is -1.23. The molecule has 3 fully saturated rings. The van der Waals surface area contributed by atoms with Crippen LogP contribution in [0, 0.1) is 11.8 Å². The summed E-state index contributed by atoms with van der Waals surface area (Å²) in [4.78, 5) is 27.3. The first-order valence-corrected chi connectivity index (χ1v) is 8.84. The topological polar surface area (TPSA) is 76.1 Å². The van der Waals surface area contributed by atoms with E-state index in [1.807, 2.05) is 0 Å². The Morgan fingerprint density at radius 1 is 1.29 bits per heavy atom. The maximum atomic E-state index is 12.6. The summed E-state index contributed by atoms with van der Waals surface area (Å²) in [6.45, 7) is 7.11. The van der Waals surface area contributed by atoms with E-state index in [4.69, 9.17) is 9.47 Å². The fourth-order valence-corrected chi connectivity index (χ4v) is 4.11. The maximum Gasteiger partial charge on any atom is 0.338 e. The zero-order valence-corrected chi connectivity index (χ0v) is 14.7. The van der Waals surface area contributed by atoms with E-state index in [2.05, 4.69) is 4.90 Å². The van der Waals surface area contributed by atoms with Crippen molar-refractivity contribution in [3.8, 4) is 0 Å². The van der Waals surface area contributed by atoms with Crippen molar-refractivity contribution in [2.75, 3.05) is 19.7 Å². The van der Waals surface area contributed by atoms with Crippen LogP contribution in [0.5, 0.6) is 0 Å². The third-order valence-electron chi connectivity index (χ3n) is 5.97. The molecule has 0 aliphatic carbocycles. The van der Waals surface area contributed by atoms with E-state index in [9.17, 15) is 14.7 Å². The zero-order valence-electron chi connectivity index (χ0n) is 14.7. The molecule has 0 radical (unpaired) electrons. The number of cyclic esters (lactones) is 1. The minimum absolute atomic E-state index is 0.113. The minimum Gasteiger partial charge on any atom is -0.463 e. The number of carbonyl (C=O) groups excluding carboxylic acids is 2. The number of esters is 2. The average molecular weight is 337 g/mol. The van der Waals surface area contributed by atoms with E-state index >= 15 is 0 Å². The lowest BCUT2D eigenvalue weighted by molar-refractivity contribution is -0.172. The van der Waals surface area contributed by atoms with Gasteiger partial charge in [-0.1, -0.05) is 13.0 Å². The molecular formula is C18H27NO5. The molecule has 3 saturated heterocycles. The van der Waals surface area contributed by atoms with Crippen LogP contribution in [0.2, 0.25) is 0 Å².